The van der Waals surface area contributed by atoms with Crippen molar-refractivity contribution in [3.63, 3.8) is 0 Å². The maximum atomic E-state index is 11.5. The lowest BCUT2D eigenvalue weighted by atomic mass is 9.98. The predicted molar refractivity (Wildman–Crippen MR) is 61.0 cm³/mol. The third kappa shape index (κ3) is 4.53. The lowest BCUT2D eigenvalue weighted by molar-refractivity contribution is -0.153. The minimum atomic E-state index is -0.976. The van der Waals surface area contributed by atoms with E-state index in [4.69, 9.17) is 21.2 Å². The average molecular weight is 240 g/mol. The van der Waals surface area contributed by atoms with Gasteiger partial charge >= 0.3 is 5.97 Å². The van der Waals surface area contributed by atoms with E-state index in [1.807, 2.05) is 20.8 Å². The van der Waals surface area contributed by atoms with Crippen LogP contribution in [0.3, 0.4) is 0 Å². The third-order valence-electron chi connectivity index (χ3n) is 1.53. The quantitative estimate of drug-likeness (QED) is 0.608. The van der Waals surface area contributed by atoms with Gasteiger partial charge in [0.15, 0.2) is 5.44 Å². The fraction of sp³-hybridized carbons (Fsp3) is 0.889. The van der Waals surface area contributed by atoms with Gasteiger partial charge in [-0.2, -0.15) is 0 Å². The van der Waals surface area contributed by atoms with Crippen molar-refractivity contribution < 1.29 is 9.53 Å². The summed E-state index contributed by atoms with van der Waals surface area (Å²) in [6.45, 7) is 9.05. The van der Waals surface area contributed by atoms with Gasteiger partial charge in [0.05, 0.1) is 0 Å². The van der Waals surface area contributed by atoms with E-state index in [2.05, 4.69) is 0 Å². The molecule has 0 saturated heterocycles. The van der Waals surface area contributed by atoms with Crippen LogP contribution in [0, 0.1) is 5.41 Å². The Balaban J connectivity index is 4.43. The van der Waals surface area contributed by atoms with Gasteiger partial charge in [-0.3, -0.25) is 4.79 Å². The number of ether oxygens (including phenoxy) is 1. The Hall–Kier alpha value is 0.0700. The summed E-state index contributed by atoms with van der Waals surface area (Å²) >= 11 is 0. The molecule has 0 aromatic rings. The molecule has 1 atom stereocenters. The summed E-state index contributed by atoms with van der Waals surface area (Å²) in [4.78, 5) is 11.5. The average Bonchev–Trinajstić information content (AvgIpc) is 1.95. The van der Waals surface area contributed by atoms with Gasteiger partial charge in [-0.15, -0.1) is 0 Å². The molecule has 14 heavy (non-hydrogen) atoms. The van der Waals surface area contributed by atoms with E-state index in [0.29, 0.717) is 0 Å². The van der Waals surface area contributed by atoms with Crippen LogP contribution < -0.4 is 5.73 Å². The topological polar surface area (TPSA) is 52.3 Å². The van der Waals surface area contributed by atoms with Crippen molar-refractivity contribution in [1.82, 2.24) is 0 Å². The molecule has 0 amide bonds. The summed E-state index contributed by atoms with van der Waals surface area (Å²) in [6, 6.07) is 0. The molecule has 0 aromatic heterocycles. The highest BCUT2D eigenvalue weighted by Gasteiger charge is 2.33. The lowest BCUT2D eigenvalue weighted by Gasteiger charge is -2.29. The monoisotopic (exact) mass is 239 g/mol. The van der Waals surface area contributed by atoms with Crippen LogP contribution in [0.25, 0.3) is 0 Å². The number of esters is 1. The highest BCUT2D eigenvalue weighted by Crippen LogP contribution is 2.34. The Morgan fingerprint density at radius 1 is 1.36 bits per heavy atom. The van der Waals surface area contributed by atoms with Crippen LogP contribution in [0.2, 0.25) is 0 Å². The number of carbonyl (C=O) groups excluding carboxylic acids is 1. The predicted octanol–water partition coefficient (Wildman–Crippen LogP) is 2.53. The molecule has 3 nitrogen and oxygen atoms in total. The van der Waals surface area contributed by atoms with E-state index in [-0.39, 0.29) is 10.9 Å². The molecule has 0 aliphatic carbocycles. The summed E-state index contributed by atoms with van der Waals surface area (Å²) in [7, 11) is 6.64. The second-order valence-corrected chi connectivity index (χ2v) is 6.05. The third-order valence-corrected chi connectivity index (χ3v) is 2.98. The van der Waals surface area contributed by atoms with Gasteiger partial charge in [0.1, 0.15) is 5.54 Å². The maximum Gasteiger partial charge on any atom is 0.326 e. The number of carbonyl (C=O) groups is 1. The molecule has 1 unspecified atom stereocenters. The molecule has 0 bridgehead atoms. The summed E-state index contributed by atoms with van der Waals surface area (Å²) < 4.78 is 5.20. The first-order valence-corrected chi connectivity index (χ1v) is 6.07. The standard InChI is InChI=1S/C9H18ClNO2S/c1-8(2,3)7(14-10)13-6(12)9(4,5)11/h7H,11H2,1-5H3. The number of hydrogen-bond donors (Lipinski definition) is 1. The van der Waals surface area contributed by atoms with Gasteiger partial charge < -0.3 is 10.5 Å². The summed E-state index contributed by atoms with van der Waals surface area (Å²) in [6.07, 6.45) is 0. The summed E-state index contributed by atoms with van der Waals surface area (Å²) in [5.41, 5.74) is 4.03. The van der Waals surface area contributed by atoms with Gasteiger partial charge in [0.25, 0.3) is 0 Å². The molecular formula is C9H18ClNO2S. The fourth-order valence-corrected chi connectivity index (χ4v) is 1.88. The summed E-state index contributed by atoms with van der Waals surface area (Å²) in [5, 5.41) is 0. The van der Waals surface area contributed by atoms with E-state index in [1.54, 1.807) is 13.8 Å². The van der Waals surface area contributed by atoms with Gasteiger partial charge in [-0.1, -0.05) is 20.8 Å². The van der Waals surface area contributed by atoms with Crippen LogP contribution in [0.5, 0.6) is 0 Å². The maximum absolute atomic E-state index is 11.5. The van der Waals surface area contributed by atoms with Crippen LogP contribution in [0.4, 0.5) is 0 Å². The van der Waals surface area contributed by atoms with Crippen molar-refractivity contribution >= 4 is 27.6 Å². The minimum absolute atomic E-state index is 0.201. The van der Waals surface area contributed by atoms with Crippen molar-refractivity contribution in [3.8, 4) is 0 Å². The molecule has 0 fully saturated rings. The molecule has 2 N–H and O–H groups in total. The number of nitrogens with two attached hydrogens (primary N) is 1. The zero-order chi connectivity index (χ0) is 11.6. The van der Waals surface area contributed by atoms with Gasteiger partial charge in [0, 0.05) is 5.41 Å². The largest absolute Gasteiger partial charge is 0.448 e. The van der Waals surface area contributed by atoms with E-state index in [0.717, 1.165) is 11.0 Å². The Kier molecular flexibility index (Phi) is 4.75. The molecule has 0 saturated carbocycles. The van der Waals surface area contributed by atoms with Crippen LogP contribution in [-0.2, 0) is 9.53 Å². The molecule has 0 aliphatic rings. The first kappa shape index (κ1) is 14.1. The van der Waals surface area contributed by atoms with E-state index in [9.17, 15) is 4.79 Å². The minimum Gasteiger partial charge on any atom is -0.448 e. The number of hydrogen-bond acceptors (Lipinski definition) is 4. The van der Waals surface area contributed by atoms with Crippen LogP contribution >= 0.6 is 21.7 Å². The van der Waals surface area contributed by atoms with Gasteiger partial charge in [-0.05, 0) is 35.5 Å². The second-order valence-electron chi connectivity index (χ2n) is 4.91. The first-order valence-electron chi connectivity index (χ1n) is 4.36. The highest BCUT2D eigenvalue weighted by atomic mass is 35.7. The Labute approximate surface area is 94.2 Å². The number of halogens is 1. The molecule has 0 heterocycles. The van der Waals surface area contributed by atoms with Crippen molar-refractivity contribution in [2.45, 2.75) is 45.6 Å². The normalized spacial score (nSPS) is 15.1. The second kappa shape index (κ2) is 4.73. The molecule has 0 aliphatic heterocycles. The molecule has 84 valence electrons. The SMILES string of the molecule is CC(C)(N)C(=O)OC(SCl)C(C)(C)C. The first-order chi connectivity index (χ1) is 6.09. The van der Waals surface area contributed by atoms with Crippen molar-refractivity contribution in [2.24, 2.45) is 11.1 Å². The zero-order valence-electron chi connectivity index (χ0n) is 9.26. The lowest BCUT2D eigenvalue weighted by Crippen LogP contribution is -2.45. The molecular weight excluding hydrogens is 222 g/mol. The smallest absolute Gasteiger partial charge is 0.326 e. The molecule has 0 radical (unpaired) electrons. The van der Waals surface area contributed by atoms with Gasteiger partial charge in [-0.25, -0.2) is 0 Å². The Morgan fingerprint density at radius 2 is 1.79 bits per heavy atom. The zero-order valence-corrected chi connectivity index (χ0v) is 10.8. The highest BCUT2D eigenvalue weighted by molar-refractivity contribution is 8.21. The molecule has 0 spiro atoms. The summed E-state index contributed by atoms with van der Waals surface area (Å²) in [5.74, 6) is -0.439. The van der Waals surface area contributed by atoms with Crippen molar-refractivity contribution in [3.05, 3.63) is 0 Å². The molecule has 0 rings (SSSR count). The van der Waals surface area contributed by atoms with Crippen molar-refractivity contribution in [1.29, 1.82) is 0 Å². The van der Waals surface area contributed by atoms with E-state index < -0.39 is 11.5 Å². The number of rotatable bonds is 3. The van der Waals surface area contributed by atoms with Crippen LogP contribution in [-0.4, -0.2) is 16.9 Å². The van der Waals surface area contributed by atoms with Crippen molar-refractivity contribution in [2.75, 3.05) is 0 Å². The Morgan fingerprint density at radius 3 is 2.00 bits per heavy atom. The molecule has 5 heteroatoms. The fourth-order valence-electron chi connectivity index (χ4n) is 0.578. The van der Waals surface area contributed by atoms with Gasteiger partial charge in [0.2, 0.25) is 0 Å². The molecule has 0 aromatic carbocycles. The van der Waals surface area contributed by atoms with Crippen LogP contribution in [0.15, 0.2) is 0 Å². The van der Waals surface area contributed by atoms with Crippen LogP contribution in [0.1, 0.15) is 34.6 Å². The van der Waals surface area contributed by atoms with E-state index >= 15 is 0 Å². The van der Waals surface area contributed by atoms with E-state index in [1.165, 1.54) is 0 Å². The Bertz CT molecular complexity index is 208.